The van der Waals surface area contributed by atoms with Gasteiger partial charge in [0.25, 0.3) is 0 Å². The van der Waals surface area contributed by atoms with E-state index in [1.807, 2.05) is 6.92 Å². The molecule has 0 rings (SSSR count). The molecule has 1 N–H and O–H groups in total. The van der Waals surface area contributed by atoms with Crippen molar-refractivity contribution in [2.75, 3.05) is 7.05 Å². The molecule has 0 unspecified atom stereocenters. The van der Waals surface area contributed by atoms with Gasteiger partial charge in [-0.05, 0) is 0 Å². The Balaban J connectivity index is 0. The summed E-state index contributed by atoms with van der Waals surface area (Å²) in [5, 5.41) is 2.48. The molecule has 0 saturated carbocycles. The quantitative estimate of drug-likeness (QED) is 0.437. The van der Waals surface area contributed by atoms with Gasteiger partial charge in [-0.2, -0.15) is 0 Å². The molecule has 0 aromatic heterocycles. The summed E-state index contributed by atoms with van der Waals surface area (Å²) in [5.74, 6) is 0.0926. The zero-order valence-electron chi connectivity index (χ0n) is 4.12. The first-order valence-electron chi connectivity index (χ1n) is 2.01. The molecule has 7 heavy (non-hydrogen) atoms. The molecule has 0 aliphatic heterocycles. The third kappa shape index (κ3) is 6.07. The molecular formula is C4H10LiNO. The Morgan fingerprint density at radius 1 is 1.71 bits per heavy atom. The summed E-state index contributed by atoms with van der Waals surface area (Å²) < 4.78 is 0. The fraction of sp³-hybridized carbons (Fsp3) is 0.750. The molecule has 0 heterocycles. The molecule has 0 radical (unpaired) electrons. The first kappa shape index (κ1) is 10.1. The van der Waals surface area contributed by atoms with Crippen LogP contribution in [0.4, 0.5) is 0 Å². The molecule has 0 aromatic rings. The van der Waals surface area contributed by atoms with E-state index in [9.17, 15) is 4.79 Å². The van der Waals surface area contributed by atoms with Gasteiger partial charge in [-0.15, -0.1) is 0 Å². The van der Waals surface area contributed by atoms with Crippen molar-refractivity contribution in [3.05, 3.63) is 0 Å². The molecule has 0 bridgehead atoms. The second-order valence-electron chi connectivity index (χ2n) is 1.03. The van der Waals surface area contributed by atoms with Crippen molar-refractivity contribution in [3.8, 4) is 0 Å². The van der Waals surface area contributed by atoms with Gasteiger partial charge in [-0.3, -0.25) is 4.79 Å². The van der Waals surface area contributed by atoms with Crippen LogP contribution >= 0.6 is 0 Å². The van der Waals surface area contributed by atoms with E-state index >= 15 is 0 Å². The number of amides is 1. The predicted octanol–water partition coefficient (Wildman–Crippen LogP) is -0.506. The number of hydrogen-bond acceptors (Lipinski definition) is 1. The minimum atomic E-state index is 0. The van der Waals surface area contributed by atoms with Crippen LogP contribution in [-0.4, -0.2) is 31.8 Å². The van der Waals surface area contributed by atoms with Crippen molar-refractivity contribution in [1.29, 1.82) is 0 Å². The van der Waals surface area contributed by atoms with E-state index in [1.54, 1.807) is 7.05 Å². The monoisotopic (exact) mass is 95.1 g/mol. The summed E-state index contributed by atoms with van der Waals surface area (Å²) in [6.45, 7) is 1.82. The molecule has 0 fully saturated rings. The first-order valence-corrected chi connectivity index (χ1v) is 2.01. The van der Waals surface area contributed by atoms with Crippen molar-refractivity contribution in [2.45, 2.75) is 13.3 Å². The number of nitrogens with one attached hydrogen (secondary N) is 1. The van der Waals surface area contributed by atoms with Gasteiger partial charge in [0.05, 0.1) is 0 Å². The van der Waals surface area contributed by atoms with Crippen LogP contribution < -0.4 is 5.32 Å². The third-order valence-electron chi connectivity index (χ3n) is 0.600. The molecule has 2 nitrogen and oxygen atoms in total. The molecule has 0 aliphatic rings. The van der Waals surface area contributed by atoms with Crippen molar-refractivity contribution in [2.24, 2.45) is 0 Å². The van der Waals surface area contributed by atoms with Crippen LogP contribution in [-0.2, 0) is 4.79 Å². The Hall–Kier alpha value is 0.0674. The molecule has 0 aromatic carbocycles. The maximum atomic E-state index is 10.1. The number of carbonyl (C=O) groups is 1. The van der Waals surface area contributed by atoms with Crippen molar-refractivity contribution in [1.82, 2.24) is 5.32 Å². The Morgan fingerprint density at radius 3 is 2.14 bits per heavy atom. The molecular weight excluding hydrogens is 85.0 g/mol. The average Bonchev–Trinajstić information content (AvgIpc) is 1.65. The SMILES string of the molecule is CCC(=O)NC.[LiH]. The second kappa shape index (κ2) is 6.07. The van der Waals surface area contributed by atoms with E-state index in [2.05, 4.69) is 5.32 Å². The summed E-state index contributed by atoms with van der Waals surface area (Å²) in [6.07, 6.45) is 0.580. The normalized spacial score (nSPS) is 6.57. The number of hydrogen-bond donors (Lipinski definition) is 1. The van der Waals surface area contributed by atoms with Gasteiger partial charge in [-0.25, -0.2) is 0 Å². The van der Waals surface area contributed by atoms with E-state index in [0.29, 0.717) is 6.42 Å². The average molecular weight is 95.1 g/mol. The molecule has 0 aliphatic carbocycles. The number of rotatable bonds is 1. The van der Waals surface area contributed by atoms with Gasteiger partial charge in [0.1, 0.15) is 0 Å². The fourth-order valence-electron chi connectivity index (χ4n) is 0.177. The van der Waals surface area contributed by atoms with Crippen LogP contribution in [0.3, 0.4) is 0 Å². The molecule has 38 valence electrons. The zero-order chi connectivity index (χ0) is 4.99. The summed E-state index contributed by atoms with van der Waals surface area (Å²) >= 11 is 0. The van der Waals surface area contributed by atoms with Gasteiger partial charge >= 0.3 is 18.9 Å². The van der Waals surface area contributed by atoms with Crippen molar-refractivity contribution < 1.29 is 4.79 Å². The summed E-state index contributed by atoms with van der Waals surface area (Å²) in [7, 11) is 1.63. The molecule has 0 saturated heterocycles. The summed E-state index contributed by atoms with van der Waals surface area (Å²) in [6, 6.07) is 0. The minimum absolute atomic E-state index is 0. The van der Waals surface area contributed by atoms with E-state index < -0.39 is 0 Å². The van der Waals surface area contributed by atoms with Gasteiger partial charge in [0.15, 0.2) is 0 Å². The topological polar surface area (TPSA) is 29.1 Å². The van der Waals surface area contributed by atoms with Crippen LogP contribution in [0.15, 0.2) is 0 Å². The second-order valence-corrected chi connectivity index (χ2v) is 1.03. The van der Waals surface area contributed by atoms with Gasteiger partial charge in [-0.1, -0.05) is 6.92 Å². The van der Waals surface area contributed by atoms with Crippen LogP contribution in [0.2, 0.25) is 0 Å². The standard InChI is InChI=1S/C4H9NO.Li.H/c1-3-4(6)5-2;;/h3H2,1-2H3,(H,5,6);;. The summed E-state index contributed by atoms with van der Waals surface area (Å²) in [4.78, 5) is 10.1. The van der Waals surface area contributed by atoms with Gasteiger partial charge < -0.3 is 5.32 Å². The number of carbonyl (C=O) groups excluding carboxylic acids is 1. The van der Waals surface area contributed by atoms with Crippen LogP contribution in [0, 0.1) is 0 Å². The Kier molecular flexibility index (Phi) is 8.78. The Bertz CT molecular complexity index is 49.7. The van der Waals surface area contributed by atoms with Crippen LogP contribution in [0.5, 0.6) is 0 Å². The molecule has 0 spiro atoms. The van der Waals surface area contributed by atoms with Gasteiger partial charge in [0.2, 0.25) is 5.91 Å². The first-order chi connectivity index (χ1) is 2.81. The molecule has 3 heteroatoms. The zero-order valence-corrected chi connectivity index (χ0v) is 4.12. The Morgan fingerprint density at radius 2 is 2.14 bits per heavy atom. The predicted molar refractivity (Wildman–Crippen MR) is 31.5 cm³/mol. The fourth-order valence-corrected chi connectivity index (χ4v) is 0.177. The van der Waals surface area contributed by atoms with Crippen molar-refractivity contribution in [3.63, 3.8) is 0 Å². The van der Waals surface area contributed by atoms with Crippen LogP contribution in [0.25, 0.3) is 0 Å². The molecule has 0 atom stereocenters. The van der Waals surface area contributed by atoms with E-state index in [0.717, 1.165) is 0 Å². The van der Waals surface area contributed by atoms with Crippen LogP contribution in [0.1, 0.15) is 13.3 Å². The van der Waals surface area contributed by atoms with E-state index in [1.165, 1.54) is 0 Å². The van der Waals surface area contributed by atoms with Crippen molar-refractivity contribution >= 4 is 24.8 Å². The van der Waals surface area contributed by atoms with E-state index in [-0.39, 0.29) is 24.8 Å². The summed E-state index contributed by atoms with van der Waals surface area (Å²) in [5.41, 5.74) is 0. The van der Waals surface area contributed by atoms with E-state index in [4.69, 9.17) is 0 Å². The third-order valence-corrected chi connectivity index (χ3v) is 0.600. The molecule has 1 amide bonds. The van der Waals surface area contributed by atoms with Gasteiger partial charge in [0, 0.05) is 13.5 Å². The Labute approximate surface area is 55.8 Å². The maximum absolute atomic E-state index is 10.1.